The Morgan fingerprint density at radius 2 is 1.92 bits per heavy atom. The van der Waals surface area contributed by atoms with Crippen LogP contribution in [0.15, 0.2) is 4.99 Å². The van der Waals surface area contributed by atoms with E-state index in [-0.39, 0.29) is 5.75 Å². The smallest absolute Gasteiger partial charge is 0.193 e. The van der Waals surface area contributed by atoms with Gasteiger partial charge in [-0.15, -0.1) is 0 Å². The number of aliphatic imine (C=N–C) groups is 1. The fraction of sp³-hybridized carbons (Fsp3) is 0.941. The molecule has 2 aliphatic rings. The van der Waals surface area contributed by atoms with Crippen molar-refractivity contribution in [1.29, 1.82) is 0 Å². The molecule has 24 heavy (non-hydrogen) atoms. The Kier molecular flexibility index (Phi) is 6.51. The Labute approximate surface area is 152 Å². The van der Waals surface area contributed by atoms with Gasteiger partial charge < -0.3 is 10.2 Å². The van der Waals surface area contributed by atoms with Crippen LogP contribution in [-0.2, 0) is 9.84 Å². The summed E-state index contributed by atoms with van der Waals surface area (Å²) in [7, 11) is -1.31. The Balaban J connectivity index is 1.92. The molecule has 0 unspecified atom stereocenters. The minimum absolute atomic E-state index is 0.142. The number of nitrogens with one attached hydrogen (secondary N) is 1. The van der Waals surface area contributed by atoms with Crippen LogP contribution in [0.3, 0.4) is 0 Å². The molecule has 1 aliphatic heterocycles. The lowest BCUT2D eigenvalue weighted by Crippen LogP contribution is -2.54. The van der Waals surface area contributed by atoms with Gasteiger partial charge in [-0.1, -0.05) is 19.3 Å². The van der Waals surface area contributed by atoms with E-state index in [9.17, 15) is 8.42 Å². The summed E-state index contributed by atoms with van der Waals surface area (Å²) in [6.45, 7) is 7.70. The molecule has 1 saturated heterocycles. The standard InChI is InChI=1S/C17H33N3O2S2/c1-16(2,3)24(21,22)13-10-19-15(18-4)20-11-12-23-17(14-20)8-6-5-7-9-17/h5-14H2,1-4H3,(H,18,19). The predicted octanol–water partition coefficient (Wildman–Crippen LogP) is 2.53. The third-order valence-corrected chi connectivity index (χ3v) is 9.26. The molecule has 0 radical (unpaired) electrons. The first-order chi connectivity index (χ1) is 11.2. The highest BCUT2D eigenvalue weighted by molar-refractivity contribution is 8.00. The molecule has 0 atom stereocenters. The van der Waals surface area contributed by atoms with Gasteiger partial charge in [0, 0.05) is 37.2 Å². The van der Waals surface area contributed by atoms with Crippen molar-refractivity contribution in [1.82, 2.24) is 10.2 Å². The quantitative estimate of drug-likeness (QED) is 0.607. The molecular formula is C17H33N3O2S2. The predicted molar refractivity (Wildman–Crippen MR) is 105 cm³/mol. The highest BCUT2D eigenvalue weighted by atomic mass is 32.2. The van der Waals surface area contributed by atoms with Crippen molar-refractivity contribution in [3.05, 3.63) is 0 Å². The molecule has 5 nitrogen and oxygen atoms in total. The maximum absolute atomic E-state index is 12.2. The van der Waals surface area contributed by atoms with Gasteiger partial charge in [0.05, 0.1) is 10.5 Å². The van der Waals surface area contributed by atoms with Crippen LogP contribution in [0, 0.1) is 0 Å². The molecule has 140 valence electrons. The van der Waals surface area contributed by atoms with Crippen molar-refractivity contribution < 1.29 is 8.42 Å². The van der Waals surface area contributed by atoms with E-state index in [2.05, 4.69) is 27.0 Å². The molecule has 0 aromatic carbocycles. The first kappa shape index (κ1) is 19.9. The number of guanidine groups is 1. The second kappa shape index (κ2) is 7.85. The maximum atomic E-state index is 12.2. The van der Waals surface area contributed by atoms with Crippen LogP contribution in [0.4, 0.5) is 0 Å². The summed E-state index contributed by atoms with van der Waals surface area (Å²) in [4.78, 5) is 6.72. The Bertz CT molecular complexity index is 541. The Morgan fingerprint density at radius 3 is 2.50 bits per heavy atom. The molecule has 0 aromatic rings. The molecule has 1 aliphatic carbocycles. The van der Waals surface area contributed by atoms with Gasteiger partial charge in [0.2, 0.25) is 0 Å². The monoisotopic (exact) mass is 375 g/mol. The van der Waals surface area contributed by atoms with Gasteiger partial charge in [-0.2, -0.15) is 11.8 Å². The van der Waals surface area contributed by atoms with Crippen LogP contribution in [0.5, 0.6) is 0 Å². The molecule has 1 spiro atoms. The van der Waals surface area contributed by atoms with Crippen molar-refractivity contribution in [2.75, 3.05) is 38.2 Å². The highest BCUT2D eigenvalue weighted by Gasteiger charge is 2.38. The summed E-state index contributed by atoms with van der Waals surface area (Å²) >= 11 is 2.13. The lowest BCUT2D eigenvalue weighted by molar-refractivity contribution is 0.293. The third-order valence-electron chi connectivity index (χ3n) is 5.11. The maximum Gasteiger partial charge on any atom is 0.193 e. The van der Waals surface area contributed by atoms with E-state index in [1.54, 1.807) is 27.8 Å². The molecular weight excluding hydrogens is 342 g/mol. The molecule has 0 aromatic heterocycles. The van der Waals surface area contributed by atoms with E-state index in [4.69, 9.17) is 0 Å². The summed E-state index contributed by atoms with van der Waals surface area (Å²) in [5, 5.41) is 3.28. The van der Waals surface area contributed by atoms with E-state index in [0.29, 0.717) is 11.3 Å². The summed E-state index contributed by atoms with van der Waals surface area (Å²) in [5.41, 5.74) is 0. The zero-order valence-electron chi connectivity index (χ0n) is 15.6. The van der Waals surface area contributed by atoms with Crippen molar-refractivity contribution in [3.8, 4) is 0 Å². The van der Waals surface area contributed by atoms with Crippen LogP contribution >= 0.6 is 11.8 Å². The minimum Gasteiger partial charge on any atom is -0.355 e. The van der Waals surface area contributed by atoms with Gasteiger partial charge in [0.25, 0.3) is 0 Å². The number of hydrogen-bond donors (Lipinski definition) is 1. The fourth-order valence-corrected chi connectivity index (χ4v) is 6.01. The summed E-state index contributed by atoms with van der Waals surface area (Å²) in [5.74, 6) is 2.12. The number of sulfone groups is 1. The molecule has 1 saturated carbocycles. The van der Waals surface area contributed by atoms with Gasteiger partial charge in [0.15, 0.2) is 15.8 Å². The number of rotatable bonds is 3. The number of thioether (sulfide) groups is 1. The summed E-state index contributed by atoms with van der Waals surface area (Å²) in [6.07, 6.45) is 6.61. The second-order valence-corrected chi connectivity index (χ2v) is 12.3. The van der Waals surface area contributed by atoms with Crippen LogP contribution in [0.25, 0.3) is 0 Å². The molecule has 1 heterocycles. The lowest BCUT2D eigenvalue weighted by atomic mass is 9.87. The van der Waals surface area contributed by atoms with Crippen molar-refractivity contribution in [3.63, 3.8) is 0 Å². The van der Waals surface area contributed by atoms with E-state index in [0.717, 1.165) is 24.8 Å². The van der Waals surface area contributed by atoms with E-state index >= 15 is 0 Å². The van der Waals surface area contributed by atoms with Crippen molar-refractivity contribution in [2.45, 2.75) is 62.4 Å². The average Bonchev–Trinajstić information content (AvgIpc) is 2.51. The topological polar surface area (TPSA) is 61.8 Å². The molecule has 7 heteroatoms. The van der Waals surface area contributed by atoms with Gasteiger partial charge in [-0.05, 0) is 33.6 Å². The Hall–Kier alpha value is -0.430. The van der Waals surface area contributed by atoms with Crippen molar-refractivity contribution in [2.24, 2.45) is 4.99 Å². The number of hydrogen-bond acceptors (Lipinski definition) is 4. The van der Waals surface area contributed by atoms with Crippen molar-refractivity contribution >= 4 is 27.6 Å². The van der Waals surface area contributed by atoms with Gasteiger partial charge in [-0.3, -0.25) is 4.99 Å². The van der Waals surface area contributed by atoms with Crippen LogP contribution in [-0.4, -0.2) is 67.0 Å². The normalized spacial score (nSPS) is 22.7. The van der Waals surface area contributed by atoms with Gasteiger partial charge >= 0.3 is 0 Å². The third kappa shape index (κ3) is 4.81. The molecule has 2 rings (SSSR count). The van der Waals surface area contributed by atoms with Gasteiger partial charge in [-0.25, -0.2) is 8.42 Å². The molecule has 0 bridgehead atoms. The van der Waals surface area contributed by atoms with Gasteiger partial charge in [0.1, 0.15) is 0 Å². The van der Waals surface area contributed by atoms with Crippen LogP contribution in [0.1, 0.15) is 52.9 Å². The summed E-state index contributed by atoms with van der Waals surface area (Å²) < 4.78 is 24.2. The average molecular weight is 376 g/mol. The first-order valence-electron chi connectivity index (χ1n) is 9.01. The first-order valence-corrected chi connectivity index (χ1v) is 11.6. The Morgan fingerprint density at radius 1 is 1.25 bits per heavy atom. The van der Waals surface area contributed by atoms with Crippen LogP contribution in [0.2, 0.25) is 0 Å². The fourth-order valence-electron chi connectivity index (χ4n) is 3.46. The number of nitrogens with zero attached hydrogens (tertiary/aromatic N) is 2. The molecule has 1 N–H and O–H groups in total. The minimum atomic E-state index is -3.10. The molecule has 2 fully saturated rings. The zero-order valence-corrected chi connectivity index (χ0v) is 17.2. The SMILES string of the molecule is CN=C(NCCS(=O)(=O)C(C)(C)C)N1CCSC2(CCCCC2)C1. The highest BCUT2D eigenvalue weighted by Crippen LogP contribution is 2.42. The van der Waals surface area contributed by atoms with Crippen LogP contribution < -0.4 is 5.32 Å². The second-order valence-electron chi connectivity index (χ2n) is 7.92. The summed E-state index contributed by atoms with van der Waals surface area (Å²) in [6, 6.07) is 0. The lowest BCUT2D eigenvalue weighted by Gasteiger charge is -2.45. The molecule has 0 amide bonds. The van der Waals surface area contributed by atoms with E-state index < -0.39 is 14.6 Å². The van der Waals surface area contributed by atoms with E-state index in [1.807, 2.05) is 0 Å². The zero-order chi connectivity index (χ0) is 17.8. The largest absolute Gasteiger partial charge is 0.355 e. The van der Waals surface area contributed by atoms with E-state index in [1.165, 1.54) is 32.1 Å².